The molecule has 4 heteroatoms. The summed E-state index contributed by atoms with van der Waals surface area (Å²) in [6.07, 6.45) is 0.681. The number of Topliss-reactive ketones (excluding diaryl/α,β-unsaturated/α-hetero) is 1. The van der Waals surface area contributed by atoms with Crippen LogP contribution in [0.4, 0.5) is 0 Å². The molecular formula is C19H22ClNO2. The van der Waals surface area contributed by atoms with Gasteiger partial charge in [-0.15, -0.1) is 0 Å². The minimum atomic E-state index is -0.158. The van der Waals surface area contributed by atoms with Gasteiger partial charge in [0.15, 0.2) is 0 Å². The number of benzene rings is 2. The highest BCUT2D eigenvalue weighted by Gasteiger charge is 2.17. The monoisotopic (exact) mass is 331 g/mol. The smallest absolute Gasteiger partial charge is 0.137 e. The van der Waals surface area contributed by atoms with E-state index in [1.54, 1.807) is 19.1 Å². The van der Waals surface area contributed by atoms with Gasteiger partial charge in [0.2, 0.25) is 0 Å². The van der Waals surface area contributed by atoms with Gasteiger partial charge in [-0.3, -0.25) is 4.79 Å². The van der Waals surface area contributed by atoms with E-state index >= 15 is 0 Å². The van der Waals surface area contributed by atoms with Crippen molar-refractivity contribution in [3.05, 3.63) is 70.7 Å². The number of rotatable bonds is 8. The lowest BCUT2D eigenvalue weighted by Crippen LogP contribution is -2.27. The fourth-order valence-electron chi connectivity index (χ4n) is 2.67. The van der Waals surface area contributed by atoms with E-state index in [4.69, 9.17) is 11.6 Å². The van der Waals surface area contributed by atoms with Crippen LogP contribution in [0.2, 0.25) is 5.02 Å². The third kappa shape index (κ3) is 5.17. The number of hydrogen-bond donors (Lipinski definition) is 2. The van der Waals surface area contributed by atoms with E-state index in [0.29, 0.717) is 18.0 Å². The first-order valence-electron chi connectivity index (χ1n) is 7.77. The molecule has 0 saturated carbocycles. The van der Waals surface area contributed by atoms with Crippen LogP contribution in [0.3, 0.4) is 0 Å². The molecule has 0 bridgehead atoms. The van der Waals surface area contributed by atoms with Crippen LogP contribution in [0.15, 0.2) is 54.6 Å². The van der Waals surface area contributed by atoms with E-state index in [0.717, 1.165) is 11.1 Å². The molecule has 0 radical (unpaired) electrons. The van der Waals surface area contributed by atoms with Gasteiger partial charge in [-0.05, 0) is 43.1 Å². The third-order valence-corrected chi connectivity index (χ3v) is 4.22. The predicted molar refractivity (Wildman–Crippen MR) is 93.8 cm³/mol. The highest BCUT2D eigenvalue weighted by molar-refractivity contribution is 6.30. The molecule has 2 aromatic rings. The minimum absolute atomic E-state index is 0.0235. The summed E-state index contributed by atoms with van der Waals surface area (Å²) in [5.41, 5.74) is 2.02. The predicted octanol–water partition coefficient (Wildman–Crippen LogP) is 3.73. The van der Waals surface area contributed by atoms with Crippen LogP contribution in [0, 0.1) is 0 Å². The summed E-state index contributed by atoms with van der Waals surface area (Å²) in [4.78, 5) is 11.9. The lowest BCUT2D eigenvalue weighted by Gasteiger charge is -2.19. The van der Waals surface area contributed by atoms with Gasteiger partial charge in [-0.2, -0.15) is 0 Å². The van der Waals surface area contributed by atoms with Crippen LogP contribution in [0.25, 0.3) is 0 Å². The van der Waals surface area contributed by atoms with Crippen molar-refractivity contribution in [1.29, 1.82) is 0 Å². The standard InChI is InChI=1S/C19H22ClNO2/c1-14(23)18(15-7-9-17(20)10-8-15)11-12-21-19(13-22)16-5-3-2-4-6-16/h2-10,18-19,21-22H,11-13H2,1H3/t18-,19?/m0/s1. The van der Waals surface area contributed by atoms with Gasteiger partial charge in [0.25, 0.3) is 0 Å². The van der Waals surface area contributed by atoms with Crippen molar-refractivity contribution in [3.63, 3.8) is 0 Å². The molecule has 0 aliphatic carbocycles. The molecular weight excluding hydrogens is 310 g/mol. The van der Waals surface area contributed by atoms with Gasteiger partial charge in [0, 0.05) is 10.9 Å². The third-order valence-electron chi connectivity index (χ3n) is 3.97. The van der Waals surface area contributed by atoms with Crippen molar-refractivity contribution in [2.45, 2.75) is 25.3 Å². The van der Waals surface area contributed by atoms with Gasteiger partial charge >= 0.3 is 0 Å². The van der Waals surface area contributed by atoms with Crippen molar-refractivity contribution in [2.24, 2.45) is 0 Å². The first-order valence-corrected chi connectivity index (χ1v) is 8.14. The highest BCUT2D eigenvalue weighted by atomic mass is 35.5. The molecule has 23 heavy (non-hydrogen) atoms. The quantitative estimate of drug-likeness (QED) is 0.775. The van der Waals surface area contributed by atoms with Gasteiger partial charge in [0.1, 0.15) is 5.78 Å². The molecule has 122 valence electrons. The molecule has 0 amide bonds. The Balaban J connectivity index is 1.96. The van der Waals surface area contributed by atoms with Crippen LogP contribution in [-0.4, -0.2) is 24.0 Å². The fourth-order valence-corrected chi connectivity index (χ4v) is 2.80. The molecule has 2 atom stereocenters. The van der Waals surface area contributed by atoms with Crippen LogP contribution >= 0.6 is 11.6 Å². The van der Waals surface area contributed by atoms with Crippen LogP contribution in [0.5, 0.6) is 0 Å². The maximum atomic E-state index is 11.9. The molecule has 2 aromatic carbocycles. The Bertz CT molecular complexity index is 613. The molecule has 0 aliphatic heterocycles. The van der Waals surface area contributed by atoms with Crippen LogP contribution in [0.1, 0.15) is 36.4 Å². The maximum absolute atomic E-state index is 11.9. The van der Waals surface area contributed by atoms with Crippen molar-refractivity contribution in [3.8, 4) is 0 Å². The molecule has 0 fully saturated rings. The lowest BCUT2D eigenvalue weighted by atomic mass is 9.92. The number of hydrogen-bond acceptors (Lipinski definition) is 3. The summed E-state index contributed by atoms with van der Waals surface area (Å²) < 4.78 is 0. The van der Waals surface area contributed by atoms with Gasteiger partial charge in [0.05, 0.1) is 12.6 Å². The van der Waals surface area contributed by atoms with Crippen molar-refractivity contribution < 1.29 is 9.90 Å². The number of carbonyl (C=O) groups is 1. The van der Waals surface area contributed by atoms with Crippen LogP contribution in [-0.2, 0) is 4.79 Å². The van der Waals surface area contributed by atoms with Gasteiger partial charge in [-0.1, -0.05) is 54.1 Å². The molecule has 0 aliphatic rings. The second-order valence-corrected chi connectivity index (χ2v) is 6.04. The summed E-state index contributed by atoms with van der Waals surface area (Å²) in [7, 11) is 0. The maximum Gasteiger partial charge on any atom is 0.137 e. The van der Waals surface area contributed by atoms with Crippen molar-refractivity contribution >= 4 is 17.4 Å². The zero-order valence-corrected chi connectivity index (χ0v) is 14.0. The summed E-state index contributed by atoms with van der Waals surface area (Å²) >= 11 is 5.90. The van der Waals surface area contributed by atoms with Crippen molar-refractivity contribution in [2.75, 3.05) is 13.2 Å². The summed E-state index contributed by atoms with van der Waals surface area (Å²) in [5.74, 6) is -0.0238. The average Bonchev–Trinajstić information content (AvgIpc) is 2.57. The molecule has 0 heterocycles. The Hall–Kier alpha value is -1.68. The van der Waals surface area contributed by atoms with Gasteiger partial charge in [-0.25, -0.2) is 0 Å². The zero-order valence-electron chi connectivity index (χ0n) is 13.2. The number of halogens is 1. The van der Waals surface area contributed by atoms with Crippen molar-refractivity contribution in [1.82, 2.24) is 5.32 Å². The Morgan fingerprint density at radius 2 is 1.74 bits per heavy atom. The number of nitrogens with one attached hydrogen (secondary N) is 1. The molecule has 0 saturated heterocycles. The summed E-state index contributed by atoms with van der Waals surface area (Å²) in [5, 5.41) is 13.5. The Morgan fingerprint density at radius 1 is 1.09 bits per heavy atom. The van der Waals surface area contributed by atoms with E-state index in [-0.39, 0.29) is 24.3 Å². The second kappa shape index (κ2) is 8.82. The van der Waals surface area contributed by atoms with Crippen LogP contribution < -0.4 is 5.32 Å². The molecule has 1 unspecified atom stereocenters. The number of ketones is 1. The zero-order chi connectivity index (χ0) is 16.7. The molecule has 0 aromatic heterocycles. The lowest BCUT2D eigenvalue weighted by molar-refractivity contribution is -0.118. The Morgan fingerprint density at radius 3 is 2.30 bits per heavy atom. The SMILES string of the molecule is CC(=O)[C@H](CCNC(CO)c1ccccc1)c1ccc(Cl)cc1. The second-order valence-electron chi connectivity index (χ2n) is 5.60. The Kier molecular flexibility index (Phi) is 6.78. The van der Waals surface area contributed by atoms with E-state index in [2.05, 4.69) is 5.32 Å². The number of carbonyl (C=O) groups excluding carboxylic acids is 1. The summed E-state index contributed by atoms with van der Waals surface area (Å²) in [6, 6.07) is 17.1. The molecule has 2 N–H and O–H groups in total. The topological polar surface area (TPSA) is 49.3 Å². The fraction of sp³-hybridized carbons (Fsp3) is 0.316. The minimum Gasteiger partial charge on any atom is -0.394 e. The normalized spacial score (nSPS) is 13.5. The number of aliphatic hydroxyl groups is 1. The molecule has 3 nitrogen and oxygen atoms in total. The number of aliphatic hydroxyl groups excluding tert-OH is 1. The molecule has 2 rings (SSSR count). The molecule has 0 spiro atoms. The first-order chi connectivity index (χ1) is 11.1. The Labute approximate surface area is 142 Å². The van der Waals surface area contributed by atoms with E-state index < -0.39 is 0 Å². The first kappa shape index (κ1) is 17.7. The average molecular weight is 332 g/mol. The van der Waals surface area contributed by atoms with E-state index in [9.17, 15) is 9.90 Å². The van der Waals surface area contributed by atoms with Gasteiger partial charge < -0.3 is 10.4 Å². The van der Waals surface area contributed by atoms with E-state index in [1.807, 2.05) is 42.5 Å². The largest absolute Gasteiger partial charge is 0.394 e. The highest BCUT2D eigenvalue weighted by Crippen LogP contribution is 2.23. The van der Waals surface area contributed by atoms with E-state index in [1.165, 1.54) is 0 Å². The summed E-state index contributed by atoms with van der Waals surface area (Å²) in [6.45, 7) is 2.28.